The van der Waals surface area contributed by atoms with Gasteiger partial charge in [0.1, 0.15) is 7.05 Å². The summed E-state index contributed by atoms with van der Waals surface area (Å²) in [5, 5.41) is 12.9. The molecule has 0 saturated heterocycles. The second-order valence-electron chi connectivity index (χ2n) is 4.86. The van der Waals surface area contributed by atoms with Gasteiger partial charge >= 0.3 is 0 Å². The second-order valence-corrected chi connectivity index (χ2v) is 4.86. The largest absolute Gasteiger partial charge is 0.388 e. The monoisotopic (exact) mass is 277 g/mol. The summed E-state index contributed by atoms with van der Waals surface area (Å²) >= 11 is 0. The standard InChI is InChI=1S/C17H16N4/c1-18-14-7-9-15(10-8-14)19-20-16-6-5-13-4-3-11-21(2)17(13)12-16/h3-12H,1-2H3/p+1. The zero-order valence-corrected chi connectivity index (χ0v) is 12.1. The molecule has 4 heteroatoms. The van der Waals surface area contributed by atoms with Crippen molar-refractivity contribution in [2.24, 2.45) is 17.3 Å². The molecule has 3 aromatic rings. The summed E-state index contributed by atoms with van der Waals surface area (Å²) in [7, 11) is 3.92. The predicted molar refractivity (Wildman–Crippen MR) is 85.3 cm³/mol. The minimum atomic E-state index is 0.839. The van der Waals surface area contributed by atoms with Gasteiger partial charge in [-0.25, -0.2) is 4.57 Å². The Labute approximate surface area is 123 Å². The first-order chi connectivity index (χ1) is 10.3. The quantitative estimate of drug-likeness (QED) is 0.567. The fraction of sp³-hybridized carbons (Fsp3) is 0.118. The van der Waals surface area contributed by atoms with Crippen LogP contribution in [0, 0.1) is 0 Å². The average Bonchev–Trinajstić information content (AvgIpc) is 2.54. The molecule has 104 valence electrons. The molecule has 1 N–H and O–H groups in total. The van der Waals surface area contributed by atoms with Crippen LogP contribution in [0.5, 0.6) is 0 Å². The van der Waals surface area contributed by atoms with Crippen LogP contribution >= 0.6 is 0 Å². The number of nitrogens with zero attached hydrogens (tertiary/aromatic N) is 3. The molecule has 0 amide bonds. The molecule has 1 heterocycles. The van der Waals surface area contributed by atoms with Gasteiger partial charge in [-0.1, -0.05) is 0 Å². The van der Waals surface area contributed by atoms with Crippen molar-refractivity contribution in [3.63, 3.8) is 0 Å². The molecule has 0 aliphatic rings. The highest BCUT2D eigenvalue weighted by atomic mass is 15.1. The lowest BCUT2D eigenvalue weighted by Crippen LogP contribution is -2.27. The summed E-state index contributed by atoms with van der Waals surface area (Å²) in [5.74, 6) is 0. The topological polar surface area (TPSA) is 40.6 Å². The van der Waals surface area contributed by atoms with E-state index in [1.807, 2.05) is 62.8 Å². The molecule has 0 aliphatic carbocycles. The Morgan fingerprint density at radius 1 is 0.905 bits per heavy atom. The summed E-state index contributed by atoms with van der Waals surface area (Å²) in [6, 6.07) is 18.1. The lowest BCUT2D eigenvalue weighted by molar-refractivity contribution is -0.644. The van der Waals surface area contributed by atoms with Gasteiger partial charge in [-0.3, -0.25) is 0 Å². The van der Waals surface area contributed by atoms with Crippen molar-refractivity contribution in [2.45, 2.75) is 0 Å². The number of fused-ring (bicyclic) bond motifs is 1. The first-order valence-electron chi connectivity index (χ1n) is 6.84. The molecule has 2 aromatic carbocycles. The van der Waals surface area contributed by atoms with E-state index in [4.69, 9.17) is 0 Å². The number of azo groups is 1. The van der Waals surface area contributed by atoms with Crippen molar-refractivity contribution in [3.05, 3.63) is 60.8 Å². The normalized spacial score (nSPS) is 11.1. The molecule has 0 saturated carbocycles. The van der Waals surface area contributed by atoms with Gasteiger partial charge in [-0.05, 0) is 42.5 Å². The maximum Gasteiger partial charge on any atom is 0.214 e. The zero-order chi connectivity index (χ0) is 14.7. The van der Waals surface area contributed by atoms with Crippen LogP contribution in [-0.2, 0) is 7.05 Å². The van der Waals surface area contributed by atoms with Crippen LogP contribution in [0.25, 0.3) is 10.9 Å². The van der Waals surface area contributed by atoms with Gasteiger partial charge < -0.3 is 5.32 Å². The number of aromatic nitrogens is 1. The number of rotatable bonds is 3. The summed E-state index contributed by atoms with van der Waals surface area (Å²) < 4.78 is 2.08. The fourth-order valence-electron chi connectivity index (χ4n) is 2.21. The van der Waals surface area contributed by atoms with Gasteiger partial charge in [0.15, 0.2) is 6.20 Å². The molecular weight excluding hydrogens is 260 g/mol. The Balaban J connectivity index is 1.89. The first-order valence-corrected chi connectivity index (χ1v) is 6.84. The third-order valence-corrected chi connectivity index (χ3v) is 3.42. The molecule has 21 heavy (non-hydrogen) atoms. The van der Waals surface area contributed by atoms with Crippen LogP contribution in [0.15, 0.2) is 71.0 Å². The molecule has 0 radical (unpaired) electrons. The molecule has 0 unspecified atom stereocenters. The molecule has 0 fully saturated rings. The maximum atomic E-state index is 4.31. The minimum Gasteiger partial charge on any atom is -0.388 e. The van der Waals surface area contributed by atoms with Crippen molar-refractivity contribution in [3.8, 4) is 0 Å². The smallest absolute Gasteiger partial charge is 0.214 e. The molecular formula is C17H17N4+. The highest BCUT2D eigenvalue weighted by Crippen LogP contribution is 2.22. The van der Waals surface area contributed by atoms with Crippen molar-refractivity contribution >= 4 is 28.0 Å². The van der Waals surface area contributed by atoms with E-state index in [2.05, 4.69) is 32.2 Å². The number of aryl methyl sites for hydroxylation is 1. The number of anilines is 1. The summed E-state index contributed by atoms with van der Waals surface area (Å²) in [4.78, 5) is 0. The molecule has 3 rings (SSSR count). The number of benzene rings is 2. The third kappa shape index (κ3) is 2.89. The Hall–Kier alpha value is -2.75. The molecule has 0 bridgehead atoms. The van der Waals surface area contributed by atoms with E-state index >= 15 is 0 Å². The summed E-state index contributed by atoms with van der Waals surface area (Å²) in [6.45, 7) is 0. The van der Waals surface area contributed by atoms with Crippen LogP contribution < -0.4 is 9.88 Å². The number of nitrogens with one attached hydrogen (secondary N) is 1. The van der Waals surface area contributed by atoms with E-state index in [0.717, 1.165) is 22.6 Å². The summed E-state index contributed by atoms with van der Waals surface area (Å²) in [6.07, 6.45) is 2.03. The Morgan fingerprint density at radius 3 is 2.38 bits per heavy atom. The molecule has 0 spiro atoms. The van der Waals surface area contributed by atoms with E-state index in [9.17, 15) is 0 Å². The third-order valence-electron chi connectivity index (χ3n) is 3.42. The van der Waals surface area contributed by atoms with Crippen molar-refractivity contribution in [1.82, 2.24) is 0 Å². The van der Waals surface area contributed by atoms with Gasteiger partial charge in [-0.15, -0.1) is 0 Å². The second kappa shape index (κ2) is 5.71. The van der Waals surface area contributed by atoms with E-state index in [1.165, 1.54) is 5.39 Å². The van der Waals surface area contributed by atoms with E-state index in [-0.39, 0.29) is 0 Å². The lowest BCUT2D eigenvalue weighted by atomic mass is 10.2. The van der Waals surface area contributed by atoms with Gasteiger partial charge in [-0.2, -0.15) is 10.2 Å². The lowest BCUT2D eigenvalue weighted by Gasteiger charge is -1.99. The number of hydrogen-bond donors (Lipinski definition) is 1. The first kappa shape index (κ1) is 13.2. The molecule has 4 nitrogen and oxygen atoms in total. The van der Waals surface area contributed by atoms with Gasteiger partial charge in [0.25, 0.3) is 0 Å². The van der Waals surface area contributed by atoms with E-state index in [1.54, 1.807) is 0 Å². The summed E-state index contributed by atoms with van der Waals surface area (Å²) in [5.41, 5.74) is 3.89. The van der Waals surface area contributed by atoms with Gasteiger partial charge in [0, 0.05) is 30.3 Å². The van der Waals surface area contributed by atoms with E-state index in [0.29, 0.717) is 0 Å². The number of hydrogen-bond acceptors (Lipinski definition) is 3. The van der Waals surface area contributed by atoms with Crippen LogP contribution in [0.3, 0.4) is 0 Å². The highest BCUT2D eigenvalue weighted by molar-refractivity contribution is 5.78. The minimum absolute atomic E-state index is 0.839. The molecule has 0 atom stereocenters. The van der Waals surface area contributed by atoms with Crippen molar-refractivity contribution < 1.29 is 4.57 Å². The van der Waals surface area contributed by atoms with Crippen molar-refractivity contribution in [2.75, 3.05) is 12.4 Å². The van der Waals surface area contributed by atoms with Crippen LogP contribution in [-0.4, -0.2) is 7.05 Å². The van der Waals surface area contributed by atoms with Crippen LogP contribution in [0.1, 0.15) is 0 Å². The highest BCUT2D eigenvalue weighted by Gasteiger charge is 2.04. The van der Waals surface area contributed by atoms with Gasteiger partial charge in [0.2, 0.25) is 5.52 Å². The Morgan fingerprint density at radius 2 is 1.62 bits per heavy atom. The van der Waals surface area contributed by atoms with Crippen LogP contribution in [0.2, 0.25) is 0 Å². The average molecular weight is 277 g/mol. The van der Waals surface area contributed by atoms with Gasteiger partial charge in [0.05, 0.1) is 11.4 Å². The fourth-order valence-corrected chi connectivity index (χ4v) is 2.21. The molecule has 1 aromatic heterocycles. The SMILES string of the molecule is CNc1ccc(N=Nc2ccc3ccc[n+](C)c3c2)cc1. The van der Waals surface area contributed by atoms with E-state index < -0.39 is 0 Å². The number of pyridine rings is 1. The Bertz CT molecular complexity index is 791. The predicted octanol–water partition coefficient (Wildman–Crippen LogP) is 4.12. The Kier molecular flexibility index (Phi) is 3.60. The van der Waals surface area contributed by atoms with Crippen LogP contribution in [0.4, 0.5) is 17.1 Å². The zero-order valence-electron chi connectivity index (χ0n) is 12.1. The molecule has 0 aliphatic heterocycles. The maximum absolute atomic E-state index is 4.31. The van der Waals surface area contributed by atoms with Crippen molar-refractivity contribution in [1.29, 1.82) is 0 Å².